The van der Waals surface area contributed by atoms with Gasteiger partial charge in [0.25, 0.3) is 0 Å². The van der Waals surface area contributed by atoms with Crippen molar-refractivity contribution in [2.24, 2.45) is 0 Å². The van der Waals surface area contributed by atoms with E-state index in [0.29, 0.717) is 0 Å². The fourth-order valence-electron chi connectivity index (χ4n) is 10.3. The molecule has 0 atom stereocenters. The van der Waals surface area contributed by atoms with Gasteiger partial charge in [-0.15, -0.1) is 0 Å². The van der Waals surface area contributed by atoms with Gasteiger partial charge in [0.15, 0.2) is 21.7 Å². The third-order valence-electron chi connectivity index (χ3n) is 13.2. The minimum absolute atomic E-state index is 0.769. The van der Waals surface area contributed by atoms with Crippen LogP contribution in [0.3, 0.4) is 0 Å². The number of fused-ring (bicyclic) bond motifs is 6. The SMILES string of the molecule is c1ccc([Si](c2ccccc2)(c2ccccc2)c2ccc3oc4ccc(-c5ccc6oc7ccc([Si](c8ccccc8)(c8ccccc8)c8ccccc8)cc7c6n5)cc4c3c2)cc1. The quantitative estimate of drug-likeness (QED) is 0.107. The molecule has 0 aliphatic heterocycles. The van der Waals surface area contributed by atoms with Crippen LogP contribution in [-0.2, 0) is 0 Å². The lowest BCUT2D eigenvalue weighted by atomic mass is 10.1. The molecule has 0 radical (unpaired) electrons. The van der Waals surface area contributed by atoms with Crippen molar-refractivity contribution in [2.45, 2.75) is 0 Å². The molecule has 3 nitrogen and oxygen atoms in total. The van der Waals surface area contributed by atoms with E-state index in [1.807, 2.05) is 0 Å². The van der Waals surface area contributed by atoms with E-state index in [0.717, 1.165) is 55.3 Å². The van der Waals surface area contributed by atoms with E-state index >= 15 is 0 Å². The Bertz CT molecular complexity index is 3160. The number of hydrogen-bond donors (Lipinski definition) is 0. The maximum absolute atomic E-state index is 6.58. The second kappa shape index (κ2) is 15.5. The molecule has 0 aliphatic carbocycles. The first-order valence-corrected chi connectivity index (χ1v) is 25.9. The molecular weight excluding hydrogens is 811 g/mol. The molecule has 12 aromatic rings. The van der Waals surface area contributed by atoms with Gasteiger partial charge in [-0.1, -0.05) is 200 Å². The van der Waals surface area contributed by atoms with Crippen LogP contribution in [0.15, 0.2) is 258 Å². The van der Waals surface area contributed by atoms with E-state index in [4.69, 9.17) is 13.8 Å². The van der Waals surface area contributed by atoms with Crippen molar-refractivity contribution in [1.82, 2.24) is 4.98 Å². The van der Waals surface area contributed by atoms with Crippen LogP contribution in [0.4, 0.5) is 0 Å². The number of nitrogens with zero attached hydrogens (tertiary/aromatic N) is 1. The molecule has 0 saturated heterocycles. The van der Waals surface area contributed by atoms with E-state index < -0.39 is 16.1 Å². The highest BCUT2D eigenvalue weighted by Crippen LogP contribution is 2.34. The molecule has 64 heavy (non-hydrogen) atoms. The van der Waals surface area contributed by atoms with Gasteiger partial charge in [-0.05, 0) is 90.0 Å². The average molecular weight is 852 g/mol. The van der Waals surface area contributed by atoms with Crippen LogP contribution >= 0.6 is 0 Å². The summed E-state index contributed by atoms with van der Waals surface area (Å²) in [6.07, 6.45) is 0. The van der Waals surface area contributed by atoms with Crippen LogP contribution in [-0.4, -0.2) is 21.1 Å². The van der Waals surface area contributed by atoms with Gasteiger partial charge in [0.05, 0.1) is 5.69 Å². The number of pyridine rings is 1. The van der Waals surface area contributed by atoms with E-state index in [-0.39, 0.29) is 0 Å². The topological polar surface area (TPSA) is 39.2 Å². The summed E-state index contributed by atoms with van der Waals surface area (Å²) < 4.78 is 13.1. The molecule has 302 valence electrons. The molecule has 0 bridgehead atoms. The predicted molar refractivity (Wildman–Crippen MR) is 271 cm³/mol. The minimum Gasteiger partial charge on any atom is -0.456 e. The normalized spacial score (nSPS) is 12.1. The summed E-state index contributed by atoms with van der Waals surface area (Å²) in [6.45, 7) is 0. The Labute approximate surface area is 373 Å². The third kappa shape index (κ3) is 5.97. The summed E-state index contributed by atoms with van der Waals surface area (Å²) in [6, 6.07) is 90.5. The largest absolute Gasteiger partial charge is 0.456 e. The van der Waals surface area contributed by atoms with Crippen molar-refractivity contribution in [3.63, 3.8) is 0 Å². The first-order chi connectivity index (χ1) is 31.7. The van der Waals surface area contributed by atoms with Crippen LogP contribution in [0.1, 0.15) is 0 Å². The van der Waals surface area contributed by atoms with Crippen molar-refractivity contribution >= 4 is 102 Å². The Morgan fingerprint density at radius 3 is 1.02 bits per heavy atom. The zero-order chi connectivity index (χ0) is 42.5. The molecule has 0 unspecified atom stereocenters. The van der Waals surface area contributed by atoms with Crippen LogP contribution in [0.5, 0.6) is 0 Å². The van der Waals surface area contributed by atoms with Gasteiger partial charge in [-0.2, -0.15) is 0 Å². The van der Waals surface area contributed by atoms with Crippen molar-refractivity contribution in [1.29, 1.82) is 0 Å². The number of rotatable bonds is 9. The molecule has 9 aromatic carbocycles. The van der Waals surface area contributed by atoms with Crippen LogP contribution in [0.25, 0.3) is 55.3 Å². The molecule has 3 aromatic heterocycles. The highest BCUT2D eigenvalue weighted by molar-refractivity contribution is 7.20. The summed E-state index contributed by atoms with van der Waals surface area (Å²) >= 11 is 0. The molecule has 0 amide bonds. The summed E-state index contributed by atoms with van der Waals surface area (Å²) in [7, 11) is -5.51. The maximum atomic E-state index is 6.58. The van der Waals surface area contributed by atoms with Gasteiger partial charge in [-0.3, -0.25) is 0 Å². The van der Waals surface area contributed by atoms with Gasteiger partial charge >= 0.3 is 0 Å². The lowest BCUT2D eigenvalue weighted by Crippen LogP contribution is -2.74. The molecule has 0 aliphatic rings. The van der Waals surface area contributed by atoms with Gasteiger partial charge in [0.1, 0.15) is 22.3 Å². The Hall–Kier alpha value is -7.84. The zero-order valence-corrected chi connectivity index (χ0v) is 36.9. The van der Waals surface area contributed by atoms with E-state index in [9.17, 15) is 0 Å². The average Bonchev–Trinajstić information content (AvgIpc) is 3.94. The molecule has 0 fully saturated rings. The highest BCUT2D eigenvalue weighted by atomic mass is 28.3. The predicted octanol–water partition coefficient (Wildman–Crippen LogP) is 9.30. The van der Waals surface area contributed by atoms with Crippen molar-refractivity contribution in [3.05, 3.63) is 249 Å². The number of aromatic nitrogens is 1. The first-order valence-electron chi connectivity index (χ1n) is 21.9. The molecule has 0 spiro atoms. The van der Waals surface area contributed by atoms with Crippen molar-refractivity contribution in [2.75, 3.05) is 0 Å². The lowest BCUT2D eigenvalue weighted by molar-refractivity contribution is 0.668. The molecule has 12 rings (SSSR count). The van der Waals surface area contributed by atoms with E-state index in [2.05, 4.69) is 249 Å². The van der Waals surface area contributed by atoms with Crippen molar-refractivity contribution in [3.8, 4) is 11.3 Å². The number of benzene rings is 9. The standard InChI is InChI=1S/C59H41NO2Si2/c1-7-19-43(20-8-1)63(44-21-9-2-10-22-44,45-23-11-3-12-24-45)49-32-36-56-52(40-49)51-39-42(31-35-55(51)61-56)54-34-38-58-59(60-54)53-41-50(33-37-57(53)62-58)64(46-25-13-4-14-26-46,47-27-15-5-16-28-47)48-29-17-6-18-30-48/h1-41H. The van der Waals surface area contributed by atoms with Crippen LogP contribution < -0.4 is 41.5 Å². The Morgan fingerprint density at radius 2 is 0.594 bits per heavy atom. The summed E-state index contributed by atoms with van der Waals surface area (Å²) in [5.41, 5.74) is 6.08. The van der Waals surface area contributed by atoms with Crippen LogP contribution in [0, 0.1) is 0 Å². The van der Waals surface area contributed by atoms with Gasteiger partial charge < -0.3 is 8.83 Å². The Morgan fingerprint density at radius 1 is 0.266 bits per heavy atom. The molecule has 0 saturated carbocycles. The van der Waals surface area contributed by atoms with Gasteiger partial charge in [0.2, 0.25) is 0 Å². The van der Waals surface area contributed by atoms with Gasteiger partial charge in [0, 0.05) is 21.7 Å². The number of hydrogen-bond acceptors (Lipinski definition) is 3. The van der Waals surface area contributed by atoms with Crippen LogP contribution in [0.2, 0.25) is 0 Å². The number of furan rings is 2. The Kier molecular flexibility index (Phi) is 9.18. The first kappa shape index (κ1) is 37.9. The van der Waals surface area contributed by atoms with Gasteiger partial charge in [-0.25, -0.2) is 4.98 Å². The third-order valence-corrected chi connectivity index (χ3v) is 22.7. The summed E-state index contributed by atoms with van der Waals surface area (Å²) in [5.74, 6) is 0. The molecule has 5 heteroatoms. The minimum atomic E-state index is -2.76. The Balaban J connectivity index is 1.03. The molecule has 3 heterocycles. The zero-order valence-electron chi connectivity index (χ0n) is 34.9. The second-order valence-corrected chi connectivity index (χ2v) is 24.2. The summed E-state index contributed by atoms with van der Waals surface area (Å²) in [4.78, 5) is 5.42. The molecule has 0 N–H and O–H groups in total. The van der Waals surface area contributed by atoms with E-state index in [1.54, 1.807) is 0 Å². The maximum Gasteiger partial charge on any atom is 0.179 e. The summed E-state index contributed by atoms with van der Waals surface area (Å²) in [5, 5.41) is 13.7. The smallest absolute Gasteiger partial charge is 0.179 e. The highest BCUT2D eigenvalue weighted by Gasteiger charge is 2.43. The monoisotopic (exact) mass is 851 g/mol. The molecular formula is C59H41NO2Si2. The fourth-order valence-corrected chi connectivity index (χ4v) is 19.9. The second-order valence-electron chi connectivity index (χ2n) is 16.6. The van der Waals surface area contributed by atoms with Crippen molar-refractivity contribution < 1.29 is 8.83 Å². The fraction of sp³-hybridized carbons (Fsp3) is 0. The lowest BCUT2D eigenvalue weighted by Gasteiger charge is -2.34. The van der Waals surface area contributed by atoms with E-state index in [1.165, 1.54) is 41.5 Å².